The highest BCUT2D eigenvalue weighted by Crippen LogP contribution is 2.26. The zero-order chi connectivity index (χ0) is 15.9. The molecule has 0 radical (unpaired) electrons. The Bertz CT molecular complexity index is 598. The average molecular weight is 367 g/mol. The maximum atomic E-state index is 5.81. The summed E-state index contributed by atoms with van der Waals surface area (Å²) in [5.41, 5.74) is 2.20. The molecule has 0 saturated carbocycles. The van der Waals surface area contributed by atoms with Crippen molar-refractivity contribution in [2.45, 2.75) is 26.3 Å². The van der Waals surface area contributed by atoms with Crippen LogP contribution in [0.15, 0.2) is 28.9 Å². The summed E-state index contributed by atoms with van der Waals surface area (Å²) in [4.78, 5) is 2.16. The lowest BCUT2D eigenvalue weighted by Gasteiger charge is -2.12. The summed E-state index contributed by atoms with van der Waals surface area (Å²) >= 11 is 3.59. The topological polar surface area (TPSA) is 43.2 Å². The fourth-order valence-electron chi connectivity index (χ4n) is 2.13. The fourth-order valence-corrected chi connectivity index (χ4v) is 2.67. The Morgan fingerprint density at radius 1 is 1.32 bits per heavy atom. The zero-order valence-electron chi connectivity index (χ0n) is 13.4. The van der Waals surface area contributed by atoms with Crippen LogP contribution in [0.3, 0.4) is 0 Å². The number of aromatic nitrogens is 3. The van der Waals surface area contributed by atoms with Gasteiger partial charge in [0.05, 0.1) is 16.8 Å². The molecule has 120 valence electrons. The third-order valence-electron chi connectivity index (χ3n) is 3.29. The molecule has 2 rings (SSSR count). The Kier molecular flexibility index (Phi) is 6.39. The predicted molar refractivity (Wildman–Crippen MR) is 91.3 cm³/mol. The molecule has 6 heteroatoms. The Morgan fingerprint density at radius 3 is 2.77 bits per heavy atom. The van der Waals surface area contributed by atoms with Crippen molar-refractivity contribution in [3.63, 3.8) is 0 Å². The summed E-state index contributed by atoms with van der Waals surface area (Å²) in [6.07, 6.45) is 3.90. The van der Waals surface area contributed by atoms with E-state index in [1.54, 1.807) is 0 Å². The zero-order valence-corrected chi connectivity index (χ0v) is 15.0. The normalized spacial score (nSPS) is 11.1. The van der Waals surface area contributed by atoms with Crippen LogP contribution >= 0.6 is 15.9 Å². The number of aryl methyl sites for hydroxylation is 3. The van der Waals surface area contributed by atoms with Crippen molar-refractivity contribution < 1.29 is 4.74 Å². The molecule has 0 aliphatic heterocycles. The van der Waals surface area contributed by atoms with Gasteiger partial charge in [0.1, 0.15) is 5.75 Å². The van der Waals surface area contributed by atoms with Crippen LogP contribution in [-0.4, -0.2) is 47.1 Å². The SMILES string of the molecule is Cc1cn(CCc2ccc(OCCCN(C)C)c(Br)c2)nn1. The third-order valence-corrected chi connectivity index (χ3v) is 3.91. The summed E-state index contributed by atoms with van der Waals surface area (Å²) in [5.74, 6) is 0.902. The van der Waals surface area contributed by atoms with Gasteiger partial charge < -0.3 is 9.64 Å². The highest BCUT2D eigenvalue weighted by atomic mass is 79.9. The molecule has 0 aliphatic carbocycles. The smallest absolute Gasteiger partial charge is 0.133 e. The summed E-state index contributed by atoms with van der Waals surface area (Å²) in [6.45, 7) is 4.54. The van der Waals surface area contributed by atoms with Gasteiger partial charge in [0.25, 0.3) is 0 Å². The number of hydrogen-bond acceptors (Lipinski definition) is 4. The van der Waals surface area contributed by atoms with Gasteiger partial charge in [0.15, 0.2) is 0 Å². The number of nitrogens with zero attached hydrogens (tertiary/aromatic N) is 4. The minimum Gasteiger partial charge on any atom is -0.492 e. The van der Waals surface area contributed by atoms with Crippen molar-refractivity contribution in [3.05, 3.63) is 40.1 Å². The summed E-state index contributed by atoms with van der Waals surface area (Å²) in [7, 11) is 4.14. The highest BCUT2D eigenvalue weighted by molar-refractivity contribution is 9.10. The molecule has 0 amide bonds. The third kappa shape index (κ3) is 5.42. The molecule has 5 nitrogen and oxygen atoms in total. The molecular formula is C16H23BrN4O. The molecule has 0 N–H and O–H groups in total. The van der Waals surface area contributed by atoms with Gasteiger partial charge in [0.2, 0.25) is 0 Å². The molecule has 2 aromatic rings. The maximum Gasteiger partial charge on any atom is 0.133 e. The van der Waals surface area contributed by atoms with Crippen molar-refractivity contribution in [3.8, 4) is 5.75 Å². The minimum absolute atomic E-state index is 0.731. The molecule has 1 aromatic heterocycles. The highest BCUT2D eigenvalue weighted by Gasteiger charge is 2.04. The molecule has 0 spiro atoms. The molecule has 22 heavy (non-hydrogen) atoms. The molecule has 0 fully saturated rings. The van der Waals surface area contributed by atoms with Crippen LogP contribution in [0.2, 0.25) is 0 Å². The van der Waals surface area contributed by atoms with E-state index in [4.69, 9.17) is 4.74 Å². The first-order chi connectivity index (χ1) is 10.5. The van der Waals surface area contributed by atoms with Gasteiger partial charge >= 0.3 is 0 Å². The summed E-state index contributed by atoms with van der Waals surface area (Å²) in [5, 5.41) is 8.06. The molecule has 0 aliphatic rings. The maximum absolute atomic E-state index is 5.81. The Balaban J connectivity index is 1.83. The Labute approximate surface area is 140 Å². The standard InChI is InChI=1S/C16H23BrN4O/c1-13-12-21(19-18-13)9-7-14-5-6-16(15(17)11-14)22-10-4-8-20(2)3/h5-6,11-12H,4,7-10H2,1-3H3. The molecule has 1 aromatic carbocycles. The number of benzene rings is 1. The van der Waals surface area contributed by atoms with E-state index in [2.05, 4.69) is 57.4 Å². The molecule has 0 saturated heterocycles. The van der Waals surface area contributed by atoms with Crippen molar-refractivity contribution in [2.75, 3.05) is 27.2 Å². The number of hydrogen-bond donors (Lipinski definition) is 0. The second-order valence-electron chi connectivity index (χ2n) is 5.64. The first kappa shape index (κ1) is 17.0. The summed E-state index contributed by atoms with van der Waals surface area (Å²) in [6, 6.07) is 6.25. The second-order valence-corrected chi connectivity index (χ2v) is 6.50. The van der Waals surface area contributed by atoms with Crippen LogP contribution in [0.1, 0.15) is 17.7 Å². The van der Waals surface area contributed by atoms with Gasteiger partial charge in [0, 0.05) is 19.3 Å². The predicted octanol–water partition coefficient (Wildman–Crippen LogP) is 2.92. The van der Waals surface area contributed by atoms with E-state index in [9.17, 15) is 0 Å². The van der Waals surface area contributed by atoms with Gasteiger partial charge in [-0.05, 0) is 67.5 Å². The lowest BCUT2D eigenvalue weighted by atomic mass is 10.1. The molecular weight excluding hydrogens is 344 g/mol. The fraction of sp³-hybridized carbons (Fsp3) is 0.500. The van der Waals surface area contributed by atoms with Crippen LogP contribution in [0.25, 0.3) is 0 Å². The van der Waals surface area contributed by atoms with E-state index >= 15 is 0 Å². The molecule has 0 bridgehead atoms. The van der Waals surface area contributed by atoms with Crippen molar-refractivity contribution >= 4 is 15.9 Å². The van der Waals surface area contributed by atoms with Gasteiger partial charge in [-0.1, -0.05) is 11.3 Å². The van der Waals surface area contributed by atoms with Crippen molar-refractivity contribution in [2.24, 2.45) is 0 Å². The van der Waals surface area contributed by atoms with Crippen LogP contribution in [-0.2, 0) is 13.0 Å². The number of ether oxygens (including phenoxy) is 1. The quantitative estimate of drug-likeness (QED) is 0.673. The summed E-state index contributed by atoms with van der Waals surface area (Å²) < 4.78 is 8.68. The molecule has 1 heterocycles. The van der Waals surface area contributed by atoms with Crippen LogP contribution < -0.4 is 4.74 Å². The number of halogens is 1. The van der Waals surface area contributed by atoms with E-state index in [1.165, 1.54) is 5.56 Å². The van der Waals surface area contributed by atoms with E-state index in [-0.39, 0.29) is 0 Å². The van der Waals surface area contributed by atoms with E-state index in [1.807, 2.05) is 23.9 Å². The average Bonchev–Trinajstić information content (AvgIpc) is 2.88. The lowest BCUT2D eigenvalue weighted by Crippen LogP contribution is -2.15. The van der Waals surface area contributed by atoms with Crippen LogP contribution in [0.4, 0.5) is 0 Å². The largest absolute Gasteiger partial charge is 0.492 e. The van der Waals surface area contributed by atoms with Crippen LogP contribution in [0, 0.1) is 6.92 Å². The first-order valence-corrected chi connectivity index (χ1v) is 8.26. The number of rotatable bonds is 8. The first-order valence-electron chi connectivity index (χ1n) is 7.47. The van der Waals surface area contributed by atoms with E-state index in [0.29, 0.717) is 0 Å². The van der Waals surface area contributed by atoms with Crippen molar-refractivity contribution in [1.82, 2.24) is 19.9 Å². The van der Waals surface area contributed by atoms with E-state index < -0.39 is 0 Å². The Hall–Kier alpha value is -1.40. The Morgan fingerprint density at radius 2 is 2.14 bits per heavy atom. The van der Waals surface area contributed by atoms with Gasteiger partial charge in [-0.15, -0.1) is 5.10 Å². The van der Waals surface area contributed by atoms with Gasteiger partial charge in [-0.2, -0.15) is 0 Å². The van der Waals surface area contributed by atoms with Gasteiger partial charge in [-0.25, -0.2) is 0 Å². The molecule has 0 atom stereocenters. The molecule has 0 unspecified atom stereocenters. The lowest BCUT2D eigenvalue weighted by molar-refractivity contribution is 0.280. The second kappa shape index (κ2) is 8.29. The van der Waals surface area contributed by atoms with Gasteiger partial charge in [-0.3, -0.25) is 4.68 Å². The van der Waals surface area contributed by atoms with Crippen LogP contribution in [0.5, 0.6) is 5.75 Å². The van der Waals surface area contributed by atoms with Crippen molar-refractivity contribution in [1.29, 1.82) is 0 Å². The minimum atomic E-state index is 0.731. The van der Waals surface area contributed by atoms with E-state index in [0.717, 1.165) is 48.5 Å². The monoisotopic (exact) mass is 366 g/mol.